The summed E-state index contributed by atoms with van der Waals surface area (Å²) in [7, 11) is 1.84. The number of carbonyl (C=O) groups excluding carboxylic acids is 1. The second-order valence-electron chi connectivity index (χ2n) is 6.10. The number of carbonyl (C=O) groups is 1. The van der Waals surface area contributed by atoms with Crippen molar-refractivity contribution in [2.75, 3.05) is 5.32 Å². The molecule has 1 aromatic heterocycles. The average molecular weight is 415 g/mol. The average Bonchev–Trinajstić information content (AvgIpc) is 2.65. The Hall–Kier alpha value is -0.980. The Bertz CT molecular complexity index is 803. The highest BCUT2D eigenvalue weighted by Crippen LogP contribution is 2.50. The monoisotopic (exact) mass is 413 g/mol. The van der Waals surface area contributed by atoms with Gasteiger partial charge in [0.05, 0.1) is 15.7 Å². The standard InChI is InChI=1S/C16H17BrClN3OS/c1-8-12-13(10-6-5-9(17)7-11(10)18)23-16(2,3)15(22)19-14(12)21(4)20-8/h5-7,13H,1-4H3,(H,19,22). The van der Waals surface area contributed by atoms with Gasteiger partial charge in [0.2, 0.25) is 5.91 Å². The summed E-state index contributed by atoms with van der Waals surface area (Å²) in [5.74, 6) is 0.719. The maximum Gasteiger partial charge on any atom is 0.241 e. The predicted molar refractivity (Wildman–Crippen MR) is 99.2 cm³/mol. The number of fused-ring (bicyclic) bond motifs is 1. The molecule has 1 N–H and O–H groups in total. The third-order valence-corrected chi connectivity index (χ3v) is 6.29. The Balaban J connectivity index is 2.23. The SMILES string of the molecule is Cc1nn(C)c2c1C(c1ccc(Br)cc1Cl)SC(C)(C)C(=O)N2. The molecule has 1 amide bonds. The molecule has 1 unspecified atom stereocenters. The van der Waals surface area contributed by atoms with Crippen LogP contribution < -0.4 is 5.32 Å². The smallest absolute Gasteiger partial charge is 0.241 e. The molecule has 0 saturated heterocycles. The van der Waals surface area contributed by atoms with Gasteiger partial charge in [0.15, 0.2) is 0 Å². The second-order valence-corrected chi connectivity index (χ2v) is 9.15. The number of aromatic nitrogens is 2. The van der Waals surface area contributed by atoms with Crippen LogP contribution in [0.2, 0.25) is 5.02 Å². The number of hydrogen-bond acceptors (Lipinski definition) is 3. The fraction of sp³-hybridized carbons (Fsp3) is 0.375. The summed E-state index contributed by atoms with van der Waals surface area (Å²) in [5.41, 5.74) is 2.90. The largest absolute Gasteiger partial charge is 0.309 e. The molecule has 1 atom stereocenters. The molecule has 122 valence electrons. The van der Waals surface area contributed by atoms with Crippen molar-refractivity contribution in [3.63, 3.8) is 0 Å². The van der Waals surface area contributed by atoms with Gasteiger partial charge in [0, 0.05) is 22.1 Å². The maximum atomic E-state index is 12.6. The molecule has 3 rings (SSSR count). The summed E-state index contributed by atoms with van der Waals surface area (Å²) in [6.07, 6.45) is 0. The zero-order valence-corrected chi connectivity index (χ0v) is 16.4. The number of halogens is 2. The van der Waals surface area contributed by atoms with Crippen LogP contribution in [0.15, 0.2) is 22.7 Å². The lowest BCUT2D eigenvalue weighted by atomic mass is 10.0. The van der Waals surface area contributed by atoms with Gasteiger partial charge in [0.25, 0.3) is 0 Å². The van der Waals surface area contributed by atoms with Crippen LogP contribution in [0, 0.1) is 6.92 Å². The lowest BCUT2D eigenvalue weighted by molar-refractivity contribution is -0.117. The van der Waals surface area contributed by atoms with Crippen LogP contribution in [0.4, 0.5) is 5.82 Å². The van der Waals surface area contributed by atoms with Gasteiger partial charge in [-0.05, 0) is 38.5 Å². The van der Waals surface area contributed by atoms with E-state index in [0.717, 1.165) is 27.1 Å². The Kier molecular flexibility index (Phi) is 4.27. The van der Waals surface area contributed by atoms with Crippen molar-refractivity contribution in [3.8, 4) is 0 Å². The van der Waals surface area contributed by atoms with Crippen molar-refractivity contribution < 1.29 is 4.79 Å². The van der Waals surface area contributed by atoms with E-state index in [1.807, 2.05) is 46.0 Å². The number of amides is 1. The topological polar surface area (TPSA) is 46.9 Å². The van der Waals surface area contributed by atoms with E-state index in [4.69, 9.17) is 11.6 Å². The summed E-state index contributed by atoms with van der Waals surface area (Å²) in [4.78, 5) is 12.6. The van der Waals surface area contributed by atoms with Crippen molar-refractivity contribution in [1.29, 1.82) is 0 Å². The molecule has 7 heteroatoms. The maximum absolute atomic E-state index is 12.6. The minimum absolute atomic E-state index is 0.0255. The third kappa shape index (κ3) is 2.92. The van der Waals surface area contributed by atoms with Gasteiger partial charge in [0.1, 0.15) is 5.82 Å². The highest BCUT2D eigenvalue weighted by atomic mass is 79.9. The molecule has 0 fully saturated rings. The molecular formula is C16H17BrClN3OS. The Morgan fingerprint density at radius 2 is 2.13 bits per heavy atom. The number of benzene rings is 1. The van der Waals surface area contributed by atoms with Crippen LogP contribution in [-0.4, -0.2) is 20.4 Å². The molecule has 23 heavy (non-hydrogen) atoms. The van der Waals surface area contributed by atoms with Crippen LogP contribution in [0.5, 0.6) is 0 Å². The van der Waals surface area contributed by atoms with E-state index in [-0.39, 0.29) is 11.2 Å². The van der Waals surface area contributed by atoms with Gasteiger partial charge >= 0.3 is 0 Å². The molecular weight excluding hydrogens is 398 g/mol. The highest BCUT2D eigenvalue weighted by Gasteiger charge is 2.40. The first-order valence-corrected chi connectivity index (χ1v) is 9.23. The Morgan fingerprint density at radius 1 is 1.43 bits per heavy atom. The fourth-order valence-electron chi connectivity index (χ4n) is 2.73. The molecule has 1 aliphatic heterocycles. The van der Waals surface area contributed by atoms with Crippen LogP contribution >= 0.6 is 39.3 Å². The normalized spacial score (nSPS) is 19.9. The van der Waals surface area contributed by atoms with Crippen molar-refractivity contribution in [2.24, 2.45) is 7.05 Å². The van der Waals surface area contributed by atoms with Gasteiger partial charge in [-0.2, -0.15) is 5.10 Å². The summed E-state index contributed by atoms with van der Waals surface area (Å²) in [5, 5.41) is 8.11. The Labute approximate surface area is 153 Å². The quantitative estimate of drug-likeness (QED) is 0.736. The van der Waals surface area contributed by atoms with E-state index in [1.165, 1.54) is 0 Å². The van der Waals surface area contributed by atoms with E-state index < -0.39 is 4.75 Å². The van der Waals surface area contributed by atoms with Gasteiger partial charge < -0.3 is 5.32 Å². The summed E-state index contributed by atoms with van der Waals surface area (Å²) in [6.45, 7) is 5.83. The molecule has 4 nitrogen and oxygen atoms in total. The number of hydrogen-bond donors (Lipinski definition) is 1. The van der Waals surface area contributed by atoms with Crippen molar-refractivity contribution in [3.05, 3.63) is 44.5 Å². The summed E-state index contributed by atoms with van der Waals surface area (Å²) in [6, 6.07) is 5.86. The second kappa shape index (κ2) is 5.83. The first-order chi connectivity index (χ1) is 10.7. The molecule has 1 aromatic carbocycles. The molecule has 0 saturated carbocycles. The lowest BCUT2D eigenvalue weighted by Crippen LogP contribution is -2.33. The van der Waals surface area contributed by atoms with Crippen LogP contribution in [0.25, 0.3) is 0 Å². The first-order valence-electron chi connectivity index (χ1n) is 7.18. The Morgan fingerprint density at radius 3 is 2.78 bits per heavy atom. The first kappa shape index (κ1) is 16.9. The molecule has 0 radical (unpaired) electrons. The zero-order chi connectivity index (χ0) is 16.9. The minimum atomic E-state index is -0.577. The molecule has 2 heterocycles. The number of aryl methyl sites for hydroxylation is 2. The predicted octanol–water partition coefficient (Wildman–Crippen LogP) is 4.70. The van der Waals surface area contributed by atoms with Gasteiger partial charge in [-0.1, -0.05) is 33.6 Å². The van der Waals surface area contributed by atoms with E-state index in [2.05, 4.69) is 26.3 Å². The van der Waals surface area contributed by atoms with Gasteiger partial charge in [-0.3, -0.25) is 9.48 Å². The molecule has 0 spiro atoms. The van der Waals surface area contributed by atoms with E-state index in [9.17, 15) is 4.79 Å². The van der Waals surface area contributed by atoms with E-state index in [1.54, 1.807) is 16.4 Å². The van der Waals surface area contributed by atoms with Crippen molar-refractivity contribution >= 4 is 51.0 Å². The number of rotatable bonds is 1. The number of thioether (sulfide) groups is 1. The lowest BCUT2D eigenvalue weighted by Gasteiger charge is -2.25. The summed E-state index contributed by atoms with van der Waals surface area (Å²) >= 11 is 11.5. The number of nitrogens with zero attached hydrogens (tertiary/aromatic N) is 2. The van der Waals surface area contributed by atoms with Crippen LogP contribution in [-0.2, 0) is 11.8 Å². The van der Waals surface area contributed by atoms with Crippen molar-refractivity contribution in [2.45, 2.75) is 30.8 Å². The number of nitrogens with one attached hydrogen (secondary N) is 1. The third-order valence-electron chi connectivity index (χ3n) is 3.97. The number of anilines is 1. The van der Waals surface area contributed by atoms with Gasteiger partial charge in [-0.25, -0.2) is 0 Å². The summed E-state index contributed by atoms with van der Waals surface area (Å²) < 4.78 is 2.08. The molecule has 1 aliphatic rings. The molecule has 2 aromatic rings. The van der Waals surface area contributed by atoms with E-state index in [0.29, 0.717) is 5.02 Å². The fourth-order valence-corrected chi connectivity index (χ4v) is 5.06. The van der Waals surface area contributed by atoms with Crippen LogP contribution in [0.1, 0.15) is 35.9 Å². The molecule has 0 aliphatic carbocycles. The van der Waals surface area contributed by atoms with Gasteiger partial charge in [-0.15, -0.1) is 11.8 Å². The zero-order valence-electron chi connectivity index (χ0n) is 13.3. The van der Waals surface area contributed by atoms with Crippen molar-refractivity contribution in [1.82, 2.24) is 9.78 Å². The van der Waals surface area contributed by atoms with Crippen LogP contribution in [0.3, 0.4) is 0 Å². The molecule has 0 bridgehead atoms. The minimum Gasteiger partial charge on any atom is -0.309 e. The highest BCUT2D eigenvalue weighted by molar-refractivity contribution is 9.10. The van der Waals surface area contributed by atoms with E-state index >= 15 is 0 Å².